The summed E-state index contributed by atoms with van der Waals surface area (Å²) in [7, 11) is -3.29. The number of halogens is 2. The van der Waals surface area contributed by atoms with Gasteiger partial charge in [-0.25, -0.2) is 8.42 Å². The largest absolute Gasteiger partial charge is 0.322 e. The van der Waals surface area contributed by atoms with Crippen LogP contribution in [0.2, 0.25) is 10.0 Å². The molecule has 0 aliphatic carbocycles. The maximum Gasteiger partial charge on any atom is 0.255 e. The zero-order valence-electron chi connectivity index (χ0n) is 14.1. The van der Waals surface area contributed by atoms with Gasteiger partial charge in [0.05, 0.1) is 11.4 Å². The van der Waals surface area contributed by atoms with E-state index in [1.807, 2.05) is 0 Å². The van der Waals surface area contributed by atoms with Gasteiger partial charge in [-0.1, -0.05) is 23.2 Å². The highest BCUT2D eigenvalue weighted by Gasteiger charge is 2.27. The molecule has 1 N–H and O–H groups in total. The molecular formula is C18H18Cl2N2O3S. The van der Waals surface area contributed by atoms with Crippen molar-refractivity contribution in [3.05, 3.63) is 57.6 Å². The van der Waals surface area contributed by atoms with Gasteiger partial charge >= 0.3 is 0 Å². The number of nitrogens with one attached hydrogen (secondary N) is 1. The third kappa shape index (κ3) is 4.14. The molecule has 0 bridgehead atoms. The molecule has 26 heavy (non-hydrogen) atoms. The monoisotopic (exact) mass is 412 g/mol. The van der Waals surface area contributed by atoms with Crippen LogP contribution in [0.15, 0.2) is 36.4 Å². The molecule has 138 valence electrons. The van der Waals surface area contributed by atoms with Crippen molar-refractivity contribution >= 4 is 50.5 Å². The molecule has 1 fully saturated rings. The Hall–Kier alpha value is -1.76. The van der Waals surface area contributed by atoms with Gasteiger partial charge in [-0.15, -0.1) is 0 Å². The summed E-state index contributed by atoms with van der Waals surface area (Å²) < 4.78 is 26.0. The lowest BCUT2D eigenvalue weighted by molar-refractivity contribution is 0.102. The summed E-state index contributed by atoms with van der Waals surface area (Å²) in [5.41, 5.74) is 2.27. The lowest BCUT2D eigenvalue weighted by Crippen LogP contribution is -2.38. The van der Waals surface area contributed by atoms with Crippen molar-refractivity contribution < 1.29 is 13.2 Å². The van der Waals surface area contributed by atoms with Crippen LogP contribution < -0.4 is 9.62 Å². The van der Waals surface area contributed by atoms with E-state index in [4.69, 9.17) is 23.2 Å². The average molecular weight is 413 g/mol. The highest BCUT2D eigenvalue weighted by molar-refractivity contribution is 7.92. The number of hydrogen-bond donors (Lipinski definition) is 1. The van der Waals surface area contributed by atoms with Crippen molar-refractivity contribution in [2.45, 2.75) is 19.8 Å². The Morgan fingerprint density at radius 2 is 1.77 bits per heavy atom. The number of nitrogens with zero attached hydrogens (tertiary/aromatic N) is 1. The number of sulfonamides is 1. The second kappa shape index (κ2) is 7.47. The Morgan fingerprint density at radius 3 is 2.38 bits per heavy atom. The fourth-order valence-electron chi connectivity index (χ4n) is 2.97. The van der Waals surface area contributed by atoms with Gasteiger partial charge in [0.2, 0.25) is 10.0 Å². The fourth-order valence-corrected chi connectivity index (χ4v) is 5.19. The van der Waals surface area contributed by atoms with E-state index in [-0.39, 0.29) is 11.7 Å². The van der Waals surface area contributed by atoms with Gasteiger partial charge in [0.15, 0.2) is 0 Å². The Labute approximate surface area is 163 Å². The van der Waals surface area contributed by atoms with Gasteiger partial charge in [0.1, 0.15) is 0 Å². The number of carbonyl (C=O) groups is 1. The minimum atomic E-state index is -3.29. The molecule has 1 saturated heterocycles. The van der Waals surface area contributed by atoms with Crippen molar-refractivity contribution in [3.63, 3.8) is 0 Å². The van der Waals surface area contributed by atoms with Crippen molar-refractivity contribution in [3.8, 4) is 0 Å². The summed E-state index contributed by atoms with van der Waals surface area (Å²) in [6.45, 7) is 2.27. The van der Waals surface area contributed by atoms with Crippen LogP contribution in [0.5, 0.6) is 0 Å². The van der Waals surface area contributed by atoms with Crippen LogP contribution >= 0.6 is 23.2 Å². The van der Waals surface area contributed by atoms with E-state index >= 15 is 0 Å². The molecule has 0 aromatic heterocycles. The lowest BCUT2D eigenvalue weighted by Gasteiger charge is -2.29. The van der Waals surface area contributed by atoms with Crippen LogP contribution in [0, 0.1) is 6.92 Å². The minimum absolute atomic E-state index is 0.157. The van der Waals surface area contributed by atoms with Crippen LogP contribution in [0.25, 0.3) is 0 Å². The highest BCUT2D eigenvalue weighted by atomic mass is 35.5. The molecule has 2 aromatic rings. The molecule has 5 nitrogen and oxygen atoms in total. The van der Waals surface area contributed by atoms with Gasteiger partial charge in [0.25, 0.3) is 5.91 Å². The number of benzene rings is 2. The average Bonchev–Trinajstić information content (AvgIpc) is 2.54. The quantitative estimate of drug-likeness (QED) is 0.807. The summed E-state index contributed by atoms with van der Waals surface area (Å²) in [6.07, 6.45) is 1.51. The molecule has 0 unspecified atom stereocenters. The van der Waals surface area contributed by atoms with Crippen LogP contribution in [0.1, 0.15) is 28.8 Å². The van der Waals surface area contributed by atoms with Crippen LogP contribution in [-0.2, 0) is 10.0 Å². The second-order valence-electron chi connectivity index (χ2n) is 6.21. The molecule has 0 saturated carbocycles. The molecule has 1 heterocycles. The van der Waals surface area contributed by atoms with E-state index in [1.54, 1.807) is 43.3 Å². The van der Waals surface area contributed by atoms with Gasteiger partial charge in [-0.2, -0.15) is 0 Å². The number of anilines is 2. The van der Waals surface area contributed by atoms with Gasteiger partial charge in [-0.05, 0) is 61.7 Å². The summed E-state index contributed by atoms with van der Waals surface area (Å²) in [5.74, 6) is -0.163. The summed E-state index contributed by atoms with van der Waals surface area (Å²) >= 11 is 11.9. The van der Waals surface area contributed by atoms with E-state index in [9.17, 15) is 13.2 Å². The van der Waals surface area contributed by atoms with E-state index in [0.29, 0.717) is 39.9 Å². The van der Waals surface area contributed by atoms with Gasteiger partial charge in [-0.3, -0.25) is 9.10 Å². The maximum atomic E-state index is 12.5. The van der Waals surface area contributed by atoms with Gasteiger partial charge in [0, 0.05) is 27.8 Å². The number of hydrogen-bond acceptors (Lipinski definition) is 3. The normalized spacial score (nSPS) is 16.3. The Balaban J connectivity index is 1.84. The topological polar surface area (TPSA) is 66.5 Å². The molecule has 1 aliphatic rings. The second-order valence-corrected chi connectivity index (χ2v) is 9.09. The first-order chi connectivity index (χ1) is 12.3. The molecule has 1 aliphatic heterocycles. The SMILES string of the molecule is Cc1cc(C(=O)Nc2cc(Cl)cc(Cl)c2)ccc1N1CCCCS1(=O)=O. The smallest absolute Gasteiger partial charge is 0.255 e. The molecular weight excluding hydrogens is 395 g/mol. The van der Waals surface area contributed by atoms with Crippen LogP contribution in [-0.4, -0.2) is 26.6 Å². The molecule has 0 spiro atoms. The third-order valence-corrected chi connectivity index (χ3v) is 6.49. The minimum Gasteiger partial charge on any atom is -0.322 e. The predicted octanol–water partition coefficient (Wildman–Crippen LogP) is 4.48. The fraction of sp³-hybridized carbons (Fsp3) is 0.278. The first kappa shape index (κ1) is 19.0. The Morgan fingerprint density at radius 1 is 1.08 bits per heavy atom. The number of aryl methyl sites for hydroxylation is 1. The van der Waals surface area contributed by atoms with Crippen molar-refractivity contribution in [1.82, 2.24) is 0 Å². The highest BCUT2D eigenvalue weighted by Crippen LogP contribution is 2.28. The molecule has 8 heteroatoms. The van der Waals surface area contributed by atoms with Crippen molar-refractivity contribution in [2.75, 3.05) is 21.9 Å². The zero-order valence-corrected chi connectivity index (χ0v) is 16.5. The molecule has 1 amide bonds. The van der Waals surface area contributed by atoms with E-state index in [0.717, 1.165) is 12.0 Å². The first-order valence-electron chi connectivity index (χ1n) is 8.15. The number of carbonyl (C=O) groups excluding carboxylic acids is 1. The maximum absolute atomic E-state index is 12.5. The summed E-state index contributed by atoms with van der Waals surface area (Å²) in [6, 6.07) is 9.77. The molecule has 0 atom stereocenters. The van der Waals surface area contributed by atoms with E-state index in [2.05, 4.69) is 5.32 Å². The van der Waals surface area contributed by atoms with Crippen molar-refractivity contribution in [2.24, 2.45) is 0 Å². The van der Waals surface area contributed by atoms with Gasteiger partial charge < -0.3 is 5.32 Å². The zero-order chi connectivity index (χ0) is 18.9. The van der Waals surface area contributed by atoms with Crippen molar-refractivity contribution in [1.29, 1.82) is 0 Å². The predicted molar refractivity (Wildman–Crippen MR) is 106 cm³/mol. The van der Waals surface area contributed by atoms with Crippen LogP contribution in [0.3, 0.4) is 0 Å². The standard InChI is InChI=1S/C18H18Cl2N2O3S/c1-12-8-13(18(23)21-16-10-14(19)9-15(20)11-16)4-5-17(12)22-6-2-3-7-26(22,24)25/h4-5,8-11H,2-3,6-7H2,1H3,(H,21,23). The molecule has 3 rings (SSSR count). The molecule has 0 radical (unpaired) electrons. The molecule has 2 aromatic carbocycles. The van der Waals surface area contributed by atoms with E-state index in [1.165, 1.54) is 4.31 Å². The number of rotatable bonds is 3. The summed E-state index contributed by atoms with van der Waals surface area (Å²) in [5, 5.41) is 3.59. The van der Waals surface area contributed by atoms with Crippen LogP contribution in [0.4, 0.5) is 11.4 Å². The first-order valence-corrected chi connectivity index (χ1v) is 10.5. The number of amides is 1. The Kier molecular flexibility index (Phi) is 5.46. The summed E-state index contributed by atoms with van der Waals surface area (Å²) in [4.78, 5) is 12.5. The third-order valence-electron chi connectivity index (χ3n) is 4.20. The van der Waals surface area contributed by atoms with E-state index < -0.39 is 10.0 Å². The lowest BCUT2D eigenvalue weighted by atomic mass is 10.1. The Bertz CT molecular complexity index is 941.